The summed E-state index contributed by atoms with van der Waals surface area (Å²) < 4.78 is 0. The Balaban J connectivity index is 1.76. The van der Waals surface area contributed by atoms with Gasteiger partial charge in [0.2, 0.25) is 5.91 Å². The molecule has 1 saturated carbocycles. The van der Waals surface area contributed by atoms with Crippen LogP contribution in [0.5, 0.6) is 0 Å². The van der Waals surface area contributed by atoms with Crippen LogP contribution in [0.15, 0.2) is 17.5 Å². The summed E-state index contributed by atoms with van der Waals surface area (Å²) >= 11 is 1.74. The molecule has 2 aliphatic rings. The smallest absolute Gasteiger partial charge is 0.241 e. The van der Waals surface area contributed by atoms with Gasteiger partial charge in [0.1, 0.15) is 6.17 Å². The van der Waals surface area contributed by atoms with Gasteiger partial charge in [-0.15, -0.1) is 11.3 Å². The zero-order valence-electron chi connectivity index (χ0n) is 12.3. The lowest BCUT2D eigenvalue weighted by atomic mass is 9.85. The van der Waals surface area contributed by atoms with E-state index in [1.807, 2.05) is 0 Å². The molecule has 0 radical (unpaired) electrons. The standard InChI is InChI=1S/C16H24N2OS/c1-11(2)9-13-16(19)18(10-12-5-3-6-12)15(17-13)14-7-4-8-20-14/h4,7-8,11-13,15,17H,3,5-6,9-10H2,1-2H3. The largest absolute Gasteiger partial charge is 0.320 e. The fourth-order valence-electron chi connectivity index (χ4n) is 3.15. The first-order valence-electron chi connectivity index (χ1n) is 7.75. The third-order valence-corrected chi connectivity index (χ3v) is 5.38. The predicted octanol–water partition coefficient (Wildman–Crippen LogP) is 3.39. The molecule has 3 nitrogen and oxygen atoms in total. The SMILES string of the molecule is CC(C)CC1NC(c2cccs2)N(CC2CCC2)C1=O. The number of amides is 1. The fourth-order valence-corrected chi connectivity index (χ4v) is 3.95. The van der Waals surface area contributed by atoms with Gasteiger partial charge < -0.3 is 4.90 Å². The molecule has 110 valence electrons. The topological polar surface area (TPSA) is 32.3 Å². The van der Waals surface area contributed by atoms with Crippen molar-refractivity contribution in [2.75, 3.05) is 6.54 Å². The molecule has 20 heavy (non-hydrogen) atoms. The van der Waals surface area contributed by atoms with Gasteiger partial charge in [-0.25, -0.2) is 0 Å². The van der Waals surface area contributed by atoms with Gasteiger partial charge in [-0.05, 0) is 42.5 Å². The van der Waals surface area contributed by atoms with Gasteiger partial charge in [0, 0.05) is 11.4 Å². The first kappa shape index (κ1) is 14.1. The van der Waals surface area contributed by atoms with Crippen molar-refractivity contribution in [2.45, 2.75) is 51.7 Å². The Labute approximate surface area is 125 Å². The molecular formula is C16H24N2OS. The molecule has 0 aromatic carbocycles. The Morgan fingerprint density at radius 1 is 1.45 bits per heavy atom. The molecule has 2 heterocycles. The van der Waals surface area contributed by atoms with E-state index < -0.39 is 0 Å². The summed E-state index contributed by atoms with van der Waals surface area (Å²) in [7, 11) is 0. The second-order valence-electron chi connectivity index (χ2n) is 6.55. The summed E-state index contributed by atoms with van der Waals surface area (Å²) in [6.45, 7) is 5.30. The lowest BCUT2D eigenvalue weighted by Gasteiger charge is -2.32. The van der Waals surface area contributed by atoms with Crippen molar-refractivity contribution in [3.8, 4) is 0 Å². The number of hydrogen-bond donors (Lipinski definition) is 1. The van der Waals surface area contributed by atoms with Crippen molar-refractivity contribution in [2.24, 2.45) is 11.8 Å². The molecule has 3 rings (SSSR count). The van der Waals surface area contributed by atoms with Gasteiger partial charge in [0.05, 0.1) is 6.04 Å². The molecule has 1 aromatic heterocycles. The van der Waals surface area contributed by atoms with E-state index in [9.17, 15) is 4.79 Å². The highest BCUT2D eigenvalue weighted by Gasteiger charge is 2.41. The zero-order valence-corrected chi connectivity index (χ0v) is 13.2. The Morgan fingerprint density at radius 2 is 2.25 bits per heavy atom. The second-order valence-corrected chi connectivity index (χ2v) is 7.53. The summed E-state index contributed by atoms with van der Waals surface area (Å²) in [4.78, 5) is 16.1. The molecule has 1 amide bonds. The van der Waals surface area contributed by atoms with Crippen LogP contribution in [-0.4, -0.2) is 23.4 Å². The minimum absolute atomic E-state index is 0.00202. The Bertz CT molecular complexity index is 453. The number of carbonyl (C=O) groups is 1. The van der Waals surface area contributed by atoms with Crippen LogP contribution in [-0.2, 0) is 4.79 Å². The fraction of sp³-hybridized carbons (Fsp3) is 0.688. The van der Waals surface area contributed by atoms with Crippen LogP contribution in [0, 0.1) is 11.8 Å². The van der Waals surface area contributed by atoms with Crippen LogP contribution in [0.1, 0.15) is 50.6 Å². The van der Waals surface area contributed by atoms with Crippen LogP contribution < -0.4 is 5.32 Å². The third kappa shape index (κ3) is 2.77. The molecule has 2 atom stereocenters. The molecule has 1 saturated heterocycles. The Kier molecular flexibility index (Phi) is 4.13. The van der Waals surface area contributed by atoms with Gasteiger partial charge in [0.25, 0.3) is 0 Å². The lowest BCUT2D eigenvalue weighted by molar-refractivity contribution is -0.131. The zero-order chi connectivity index (χ0) is 14.1. The number of nitrogens with zero attached hydrogens (tertiary/aromatic N) is 1. The van der Waals surface area contributed by atoms with Crippen LogP contribution in [0.4, 0.5) is 0 Å². The maximum atomic E-state index is 12.7. The van der Waals surface area contributed by atoms with Crippen LogP contribution in [0.25, 0.3) is 0 Å². The molecule has 0 bridgehead atoms. The second kappa shape index (κ2) is 5.86. The molecule has 1 aliphatic carbocycles. The van der Waals surface area contributed by atoms with E-state index in [0.29, 0.717) is 11.8 Å². The normalized spacial score (nSPS) is 27.4. The van der Waals surface area contributed by atoms with Crippen molar-refractivity contribution in [1.29, 1.82) is 0 Å². The van der Waals surface area contributed by atoms with Crippen molar-refractivity contribution in [3.63, 3.8) is 0 Å². The van der Waals surface area contributed by atoms with Gasteiger partial charge in [0.15, 0.2) is 0 Å². The monoisotopic (exact) mass is 292 g/mol. The summed E-state index contributed by atoms with van der Waals surface area (Å²) in [5, 5.41) is 5.66. The van der Waals surface area contributed by atoms with Crippen LogP contribution in [0.3, 0.4) is 0 Å². The third-order valence-electron chi connectivity index (χ3n) is 4.45. The molecule has 1 N–H and O–H groups in total. The highest BCUT2D eigenvalue weighted by atomic mass is 32.1. The highest BCUT2D eigenvalue weighted by molar-refractivity contribution is 7.10. The first-order chi connectivity index (χ1) is 9.65. The number of hydrogen-bond acceptors (Lipinski definition) is 3. The molecule has 4 heteroatoms. The molecular weight excluding hydrogens is 268 g/mol. The number of rotatable bonds is 5. The van der Waals surface area contributed by atoms with Gasteiger partial charge in [-0.1, -0.05) is 26.3 Å². The van der Waals surface area contributed by atoms with Crippen LogP contribution in [0.2, 0.25) is 0 Å². The minimum Gasteiger partial charge on any atom is -0.320 e. The summed E-state index contributed by atoms with van der Waals surface area (Å²) in [5.41, 5.74) is 0. The van der Waals surface area contributed by atoms with E-state index >= 15 is 0 Å². The number of nitrogens with one attached hydrogen (secondary N) is 1. The van der Waals surface area contributed by atoms with Gasteiger partial charge >= 0.3 is 0 Å². The maximum Gasteiger partial charge on any atom is 0.241 e. The Morgan fingerprint density at radius 3 is 2.80 bits per heavy atom. The quantitative estimate of drug-likeness (QED) is 0.902. The Hall–Kier alpha value is -0.870. The van der Waals surface area contributed by atoms with Crippen molar-refractivity contribution in [1.82, 2.24) is 10.2 Å². The molecule has 1 aliphatic heterocycles. The van der Waals surface area contributed by atoms with Crippen LogP contribution >= 0.6 is 11.3 Å². The van der Waals surface area contributed by atoms with Crippen molar-refractivity contribution < 1.29 is 4.79 Å². The molecule has 1 aromatic rings. The molecule has 0 spiro atoms. The van der Waals surface area contributed by atoms with E-state index in [0.717, 1.165) is 18.9 Å². The van der Waals surface area contributed by atoms with Crippen molar-refractivity contribution in [3.05, 3.63) is 22.4 Å². The number of carbonyl (C=O) groups excluding carboxylic acids is 1. The van der Waals surface area contributed by atoms with Crippen molar-refractivity contribution >= 4 is 17.2 Å². The van der Waals surface area contributed by atoms with E-state index in [2.05, 4.69) is 41.6 Å². The maximum absolute atomic E-state index is 12.7. The average Bonchev–Trinajstić information content (AvgIpc) is 2.94. The lowest BCUT2D eigenvalue weighted by Crippen LogP contribution is -2.37. The van der Waals surface area contributed by atoms with E-state index in [1.54, 1.807) is 11.3 Å². The predicted molar refractivity (Wildman–Crippen MR) is 82.5 cm³/mol. The van der Waals surface area contributed by atoms with E-state index in [4.69, 9.17) is 0 Å². The van der Waals surface area contributed by atoms with E-state index in [1.165, 1.54) is 24.1 Å². The summed E-state index contributed by atoms with van der Waals surface area (Å²) in [6.07, 6.45) is 4.94. The highest BCUT2D eigenvalue weighted by Crippen LogP contribution is 2.35. The van der Waals surface area contributed by atoms with Gasteiger partial charge in [-0.3, -0.25) is 10.1 Å². The van der Waals surface area contributed by atoms with Gasteiger partial charge in [-0.2, -0.15) is 0 Å². The summed E-state index contributed by atoms with van der Waals surface area (Å²) in [5.74, 6) is 1.58. The summed E-state index contributed by atoms with van der Waals surface area (Å²) in [6, 6.07) is 4.21. The van der Waals surface area contributed by atoms with E-state index in [-0.39, 0.29) is 12.2 Å². The molecule has 2 fully saturated rings. The average molecular weight is 292 g/mol. The molecule has 2 unspecified atom stereocenters. The minimum atomic E-state index is 0.00202. The first-order valence-corrected chi connectivity index (χ1v) is 8.63. The number of thiophene rings is 1.